The third kappa shape index (κ3) is 3.67. The number of benzene rings is 1. The second-order valence-corrected chi connectivity index (χ2v) is 8.36. The van der Waals surface area contributed by atoms with Gasteiger partial charge in [0, 0.05) is 43.0 Å². The molecule has 1 aromatic heterocycles. The number of amides is 2. The molecule has 2 amide bonds. The molecule has 0 bridgehead atoms. The summed E-state index contributed by atoms with van der Waals surface area (Å²) in [7, 11) is 0. The van der Waals surface area contributed by atoms with Gasteiger partial charge in [-0.3, -0.25) is 9.59 Å². The van der Waals surface area contributed by atoms with Gasteiger partial charge in [-0.2, -0.15) is 0 Å². The van der Waals surface area contributed by atoms with Crippen molar-refractivity contribution in [1.82, 2.24) is 9.80 Å². The Kier molecular flexibility index (Phi) is 5.42. The van der Waals surface area contributed by atoms with E-state index in [1.165, 1.54) is 12.0 Å². The van der Waals surface area contributed by atoms with Crippen LogP contribution in [0.3, 0.4) is 0 Å². The number of furan rings is 1. The van der Waals surface area contributed by atoms with Gasteiger partial charge < -0.3 is 14.2 Å². The number of aryl methyl sites for hydroxylation is 2. The van der Waals surface area contributed by atoms with E-state index in [0.29, 0.717) is 25.4 Å². The zero-order chi connectivity index (χ0) is 19.7. The van der Waals surface area contributed by atoms with Crippen LogP contribution in [0.1, 0.15) is 48.8 Å². The summed E-state index contributed by atoms with van der Waals surface area (Å²) in [4.78, 5) is 29.5. The number of rotatable bonds is 3. The summed E-state index contributed by atoms with van der Waals surface area (Å²) in [5.41, 5.74) is 4.16. The van der Waals surface area contributed by atoms with Crippen LogP contribution < -0.4 is 0 Å². The van der Waals surface area contributed by atoms with Crippen LogP contribution in [0.5, 0.6) is 0 Å². The van der Waals surface area contributed by atoms with Gasteiger partial charge in [0.05, 0.1) is 12.7 Å². The van der Waals surface area contributed by atoms with Gasteiger partial charge in [0.1, 0.15) is 5.58 Å². The van der Waals surface area contributed by atoms with Gasteiger partial charge in [-0.15, -0.1) is 0 Å². The van der Waals surface area contributed by atoms with Gasteiger partial charge in [-0.25, -0.2) is 0 Å². The zero-order valence-corrected chi connectivity index (χ0v) is 17.0. The molecule has 2 aliphatic rings. The van der Waals surface area contributed by atoms with E-state index in [1.54, 1.807) is 6.26 Å². The van der Waals surface area contributed by atoms with Gasteiger partial charge in [-0.05, 0) is 57.1 Å². The van der Waals surface area contributed by atoms with Crippen molar-refractivity contribution in [1.29, 1.82) is 0 Å². The third-order valence-electron chi connectivity index (χ3n) is 6.55. The average Bonchev–Trinajstić information content (AvgIpc) is 3.14. The highest BCUT2D eigenvalue weighted by molar-refractivity contribution is 5.89. The van der Waals surface area contributed by atoms with E-state index in [-0.39, 0.29) is 11.8 Å². The Morgan fingerprint density at radius 3 is 2.43 bits per heavy atom. The molecule has 0 unspecified atom stereocenters. The number of hydrogen-bond acceptors (Lipinski definition) is 3. The van der Waals surface area contributed by atoms with Crippen LogP contribution in [0.15, 0.2) is 22.8 Å². The van der Waals surface area contributed by atoms with E-state index in [4.69, 9.17) is 4.42 Å². The molecule has 5 nitrogen and oxygen atoms in total. The molecule has 0 atom stereocenters. The quantitative estimate of drug-likeness (QED) is 0.810. The van der Waals surface area contributed by atoms with E-state index in [2.05, 4.69) is 19.9 Å². The Morgan fingerprint density at radius 1 is 1.00 bits per heavy atom. The summed E-state index contributed by atoms with van der Waals surface area (Å²) in [6, 6.07) is 4.13. The molecule has 150 valence electrons. The molecule has 4 rings (SSSR count). The van der Waals surface area contributed by atoms with Crippen molar-refractivity contribution in [2.24, 2.45) is 5.92 Å². The van der Waals surface area contributed by atoms with Crippen LogP contribution in [0.4, 0.5) is 0 Å². The maximum Gasteiger partial charge on any atom is 0.227 e. The number of piperidine rings is 2. The number of hydrogen-bond donors (Lipinski definition) is 0. The maximum atomic E-state index is 12.8. The first-order valence-corrected chi connectivity index (χ1v) is 10.6. The SMILES string of the molecule is Cc1ccc2c(CC(=O)N3CCC(C(=O)N4CCCCC4)CC3)coc2c1C. The van der Waals surface area contributed by atoms with Gasteiger partial charge >= 0.3 is 0 Å². The summed E-state index contributed by atoms with van der Waals surface area (Å²) >= 11 is 0. The molecule has 3 heterocycles. The normalized spacial score (nSPS) is 18.6. The minimum atomic E-state index is 0.0857. The Hall–Kier alpha value is -2.30. The monoisotopic (exact) mass is 382 g/mol. The van der Waals surface area contributed by atoms with Gasteiger partial charge in [0.2, 0.25) is 11.8 Å². The van der Waals surface area contributed by atoms with Crippen LogP contribution in [0.25, 0.3) is 11.0 Å². The zero-order valence-electron chi connectivity index (χ0n) is 17.0. The summed E-state index contributed by atoms with van der Waals surface area (Å²) in [5.74, 6) is 0.519. The van der Waals surface area contributed by atoms with E-state index in [0.717, 1.165) is 60.9 Å². The van der Waals surface area contributed by atoms with Crippen LogP contribution in [-0.4, -0.2) is 47.8 Å². The fourth-order valence-corrected chi connectivity index (χ4v) is 4.55. The molecular weight excluding hydrogens is 352 g/mol. The van der Waals surface area contributed by atoms with Crippen molar-refractivity contribution in [2.45, 2.75) is 52.4 Å². The fourth-order valence-electron chi connectivity index (χ4n) is 4.55. The topological polar surface area (TPSA) is 53.8 Å². The lowest BCUT2D eigenvalue weighted by molar-refractivity contribution is -0.141. The molecule has 0 saturated carbocycles. The van der Waals surface area contributed by atoms with Crippen LogP contribution in [0.2, 0.25) is 0 Å². The smallest absolute Gasteiger partial charge is 0.227 e. The molecule has 28 heavy (non-hydrogen) atoms. The van der Waals surface area contributed by atoms with Crippen molar-refractivity contribution in [2.75, 3.05) is 26.2 Å². The molecule has 1 aromatic carbocycles. The van der Waals surface area contributed by atoms with Crippen molar-refractivity contribution in [3.63, 3.8) is 0 Å². The van der Waals surface area contributed by atoms with Crippen LogP contribution in [-0.2, 0) is 16.0 Å². The first-order chi connectivity index (χ1) is 13.5. The predicted octanol–water partition coefficient (Wildman–Crippen LogP) is 3.84. The van der Waals surface area contributed by atoms with Gasteiger partial charge in [-0.1, -0.05) is 12.1 Å². The number of carbonyl (C=O) groups is 2. The second-order valence-electron chi connectivity index (χ2n) is 8.36. The van der Waals surface area contributed by atoms with Crippen molar-refractivity contribution in [3.05, 3.63) is 35.1 Å². The molecule has 2 aromatic rings. The summed E-state index contributed by atoms with van der Waals surface area (Å²) < 4.78 is 5.74. The first-order valence-electron chi connectivity index (χ1n) is 10.6. The maximum absolute atomic E-state index is 12.8. The van der Waals surface area contributed by atoms with Gasteiger partial charge in [0.15, 0.2) is 0 Å². The standard InChI is InChI=1S/C23H30N2O3/c1-16-6-7-20-19(15-28-22(20)17(16)2)14-21(26)24-12-8-18(9-13-24)23(27)25-10-4-3-5-11-25/h6-7,15,18H,3-5,8-14H2,1-2H3. The van der Waals surface area contributed by atoms with Crippen molar-refractivity contribution < 1.29 is 14.0 Å². The Balaban J connectivity index is 1.35. The number of likely N-dealkylation sites (tertiary alicyclic amines) is 2. The minimum Gasteiger partial charge on any atom is -0.464 e. The summed E-state index contributed by atoms with van der Waals surface area (Å²) in [6.07, 6.45) is 7.14. The molecule has 5 heteroatoms. The van der Waals surface area contributed by atoms with E-state index < -0.39 is 0 Å². The molecule has 2 saturated heterocycles. The highest BCUT2D eigenvalue weighted by atomic mass is 16.3. The minimum absolute atomic E-state index is 0.0857. The Bertz CT molecular complexity index is 871. The lowest BCUT2D eigenvalue weighted by atomic mass is 9.94. The summed E-state index contributed by atoms with van der Waals surface area (Å²) in [5, 5.41) is 1.03. The van der Waals surface area contributed by atoms with E-state index >= 15 is 0 Å². The number of nitrogens with zero attached hydrogens (tertiary/aromatic N) is 2. The van der Waals surface area contributed by atoms with Crippen LogP contribution in [0, 0.1) is 19.8 Å². The largest absolute Gasteiger partial charge is 0.464 e. The fraction of sp³-hybridized carbons (Fsp3) is 0.565. The number of carbonyl (C=O) groups excluding carboxylic acids is 2. The van der Waals surface area contributed by atoms with Crippen molar-refractivity contribution >= 4 is 22.8 Å². The summed E-state index contributed by atoms with van der Waals surface area (Å²) in [6.45, 7) is 7.29. The van der Waals surface area contributed by atoms with Crippen molar-refractivity contribution in [3.8, 4) is 0 Å². The molecule has 0 spiro atoms. The molecule has 0 radical (unpaired) electrons. The molecule has 2 aliphatic heterocycles. The number of fused-ring (bicyclic) bond motifs is 1. The highest BCUT2D eigenvalue weighted by Gasteiger charge is 2.31. The van der Waals surface area contributed by atoms with Crippen LogP contribution >= 0.6 is 0 Å². The van der Waals surface area contributed by atoms with E-state index in [9.17, 15) is 9.59 Å². The predicted molar refractivity (Wildman–Crippen MR) is 109 cm³/mol. The highest BCUT2D eigenvalue weighted by Crippen LogP contribution is 2.28. The molecule has 2 fully saturated rings. The lowest BCUT2D eigenvalue weighted by Gasteiger charge is -2.35. The lowest BCUT2D eigenvalue weighted by Crippen LogP contribution is -2.46. The third-order valence-corrected chi connectivity index (χ3v) is 6.55. The molecular formula is C23H30N2O3. The van der Waals surface area contributed by atoms with Gasteiger partial charge in [0.25, 0.3) is 0 Å². The Morgan fingerprint density at radius 2 is 1.71 bits per heavy atom. The molecule has 0 N–H and O–H groups in total. The molecule has 0 aliphatic carbocycles. The van der Waals surface area contributed by atoms with E-state index in [1.807, 2.05) is 15.9 Å². The Labute approximate surface area is 166 Å². The average molecular weight is 383 g/mol. The first kappa shape index (κ1) is 19.0. The second kappa shape index (κ2) is 7.98.